The van der Waals surface area contributed by atoms with Crippen molar-refractivity contribution in [1.29, 1.82) is 0 Å². The monoisotopic (exact) mass is 400 g/mol. The Morgan fingerprint density at radius 2 is 2.08 bits per heavy atom. The normalized spacial score (nSPS) is 12.6. The average Bonchev–Trinajstić information content (AvgIpc) is 2.99. The van der Waals surface area contributed by atoms with Crippen molar-refractivity contribution in [1.82, 2.24) is 4.72 Å². The lowest BCUT2D eigenvalue weighted by atomic mass is 10.0. The summed E-state index contributed by atoms with van der Waals surface area (Å²) < 4.78 is 27.1. The summed E-state index contributed by atoms with van der Waals surface area (Å²) in [6.07, 6.45) is 0. The number of sulfonamides is 1. The van der Waals surface area contributed by atoms with Crippen LogP contribution < -0.4 is 15.8 Å². The molecule has 1 aromatic carbocycles. The lowest BCUT2D eigenvalue weighted by Gasteiger charge is -2.10. The van der Waals surface area contributed by atoms with Gasteiger partial charge in [-0.25, -0.2) is 13.1 Å². The number of nitrogens with zero attached hydrogens (tertiary/aromatic N) is 1. The van der Waals surface area contributed by atoms with E-state index in [2.05, 4.69) is 34.9 Å². The molecular weight excluding hydrogens is 380 g/mol. The van der Waals surface area contributed by atoms with Gasteiger partial charge in [-0.05, 0) is 35.7 Å². The van der Waals surface area contributed by atoms with Crippen LogP contribution in [0.1, 0.15) is 25.3 Å². The largest absolute Gasteiger partial charge is 0.370 e. The summed E-state index contributed by atoms with van der Waals surface area (Å²) >= 11 is 6.76. The Morgan fingerprint density at radius 3 is 2.72 bits per heavy atom. The fraction of sp³-hybridized carbons (Fsp3) is 0.312. The molecule has 0 atom stereocenters. The fourth-order valence-corrected chi connectivity index (χ4v) is 4.58. The van der Waals surface area contributed by atoms with Gasteiger partial charge in [0.15, 0.2) is 5.96 Å². The molecule has 0 aliphatic carbocycles. The number of aliphatic imine (C=N–C) groups is 1. The number of benzene rings is 1. The standard InChI is InChI=1S/C16H21ClN4O2S2/c1-11(2)12-4-3-5-13(10-12)21-16(18)19-8-9-20-25(22,23)15-7-6-14(17)24-15/h3-7,10-11,20H,8-9H2,1-2H3,(H3,18,19,21). The van der Waals surface area contributed by atoms with Gasteiger partial charge in [0.1, 0.15) is 4.21 Å². The van der Waals surface area contributed by atoms with E-state index in [1.165, 1.54) is 11.6 Å². The molecule has 0 saturated carbocycles. The summed E-state index contributed by atoms with van der Waals surface area (Å²) in [6, 6.07) is 10.9. The minimum atomic E-state index is -3.56. The molecule has 0 radical (unpaired) electrons. The van der Waals surface area contributed by atoms with Crippen LogP contribution in [0.4, 0.5) is 5.69 Å². The molecule has 1 aromatic heterocycles. The van der Waals surface area contributed by atoms with Crippen molar-refractivity contribution in [2.45, 2.75) is 24.0 Å². The molecule has 0 aliphatic rings. The van der Waals surface area contributed by atoms with Crippen molar-refractivity contribution < 1.29 is 8.42 Å². The van der Waals surface area contributed by atoms with Crippen LogP contribution in [-0.2, 0) is 10.0 Å². The third-order valence-electron chi connectivity index (χ3n) is 3.33. The van der Waals surface area contributed by atoms with Crippen molar-refractivity contribution >= 4 is 44.6 Å². The maximum atomic E-state index is 12.0. The molecule has 0 bridgehead atoms. The minimum Gasteiger partial charge on any atom is -0.370 e. The van der Waals surface area contributed by atoms with E-state index in [9.17, 15) is 8.42 Å². The van der Waals surface area contributed by atoms with Crippen LogP contribution in [0.15, 0.2) is 45.6 Å². The predicted octanol–water partition coefficient (Wildman–Crippen LogP) is 3.23. The molecule has 6 nitrogen and oxygen atoms in total. The van der Waals surface area contributed by atoms with Crippen molar-refractivity contribution in [2.24, 2.45) is 10.7 Å². The van der Waals surface area contributed by atoms with Gasteiger partial charge in [-0.15, -0.1) is 11.3 Å². The maximum absolute atomic E-state index is 12.0. The van der Waals surface area contributed by atoms with Crippen LogP contribution in [0.25, 0.3) is 0 Å². The second kappa shape index (κ2) is 8.66. The van der Waals surface area contributed by atoms with E-state index in [0.717, 1.165) is 17.0 Å². The van der Waals surface area contributed by atoms with Gasteiger partial charge in [-0.1, -0.05) is 37.6 Å². The lowest BCUT2D eigenvalue weighted by molar-refractivity contribution is 0.584. The highest BCUT2D eigenvalue weighted by Crippen LogP contribution is 2.25. The average molecular weight is 401 g/mol. The van der Waals surface area contributed by atoms with Crippen LogP contribution in [0.3, 0.4) is 0 Å². The first-order valence-corrected chi connectivity index (χ1v) is 10.4. The first-order valence-electron chi connectivity index (χ1n) is 7.70. The van der Waals surface area contributed by atoms with Gasteiger partial charge in [0.25, 0.3) is 0 Å². The number of thiophene rings is 1. The van der Waals surface area contributed by atoms with Crippen LogP contribution >= 0.6 is 22.9 Å². The number of halogens is 1. The molecule has 25 heavy (non-hydrogen) atoms. The quantitative estimate of drug-likeness (QED) is 0.377. The molecule has 4 N–H and O–H groups in total. The first kappa shape index (κ1) is 19.7. The van der Waals surface area contributed by atoms with E-state index < -0.39 is 10.0 Å². The van der Waals surface area contributed by atoms with Crippen LogP contribution in [0.5, 0.6) is 0 Å². The van der Waals surface area contributed by atoms with Gasteiger partial charge < -0.3 is 11.1 Å². The number of nitrogens with two attached hydrogens (primary N) is 1. The second-order valence-corrected chi connectivity index (χ2v) is 9.34. The molecule has 0 fully saturated rings. The summed E-state index contributed by atoms with van der Waals surface area (Å²) in [5.74, 6) is 0.652. The molecule has 0 aliphatic heterocycles. The zero-order valence-corrected chi connectivity index (χ0v) is 16.4. The summed E-state index contributed by atoms with van der Waals surface area (Å²) in [5, 5.41) is 3.00. The number of guanidine groups is 1. The van der Waals surface area contributed by atoms with Gasteiger partial charge in [-0.2, -0.15) is 0 Å². The smallest absolute Gasteiger partial charge is 0.250 e. The van der Waals surface area contributed by atoms with Crippen LogP contribution in [-0.4, -0.2) is 27.5 Å². The Balaban J connectivity index is 1.86. The molecule has 0 spiro atoms. The summed E-state index contributed by atoms with van der Waals surface area (Å²) in [7, 11) is -3.56. The van der Waals surface area contributed by atoms with E-state index in [1.807, 2.05) is 18.2 Å². The van der Waals surface area contributed by atoms with Gasteiger partial charge in [-0.3, -0.25) is 4.99 Å². The Kier molecular flexibility index (Phi) is 6.83. The molecule has 0 unspecified atom stereocenters. The van der Waals surface area contributed by atoms with E-state index in [4.69, 9.17) is 17.3 Å². The maximum Gasteiger partial charge on any atom is 0.250 e. The molecule has 9 heteroatoms. The van der Waals surface area contributed by atoms with Crippen molar-refractivity contribution in [3.05, 3.63) is 46.3 Å². The minimum absolute atomic E-state index is 0.145. The molecule has 136 valence electrons. The third-order valence-corrected chi connectivity index (χ3v) is 6.51. The highest BCUT2D eigenvalue weighted by Gasteiger charge is 2.15. The highest BCUT2D eigenvalue weighted by atomic mass is 35.5. The van der Waals surface area contributed by atoms with Crippen LogP contribution in [0, 0.1) is 0 Å². The number of rotatable bonds is 7. The SMILES string of the molecule is CC(C)c1cccc(NC(N)=NCCNS(=O)(=O)c2ccc(Cl)s2)c1. The second-order valence-electron chi connectivity index (χ2n) is 5.63. The van der Waals surface area contributed by atoms with Gasteiger partial charge in [0.05, 0.1) is 10.9 Å². The number of anilines is 1. The fourth-order valence-electron chi connectivity index (χ4n) is 2.03. The van der Waals surface area contributed by atoms with Gasteiger partial charge in [0.2, 0.25) is 10.0 Å². The zero-order valence-electron chi connectivity index (χ0n) is 14.0. The Hall–Kier alpha value is -1.61. The van der Waals surface area contributed by atoms with E-state index >= 15 is 0 Å². The van der Waals surface area contributed by atoms with E-state index in [1.54, 1.807) is 6.07 Å². The van der Waals surface area contributed by atoms with Crippen molar-refractivity contribution in [3.63, 3.8) is 0 Å². The molecule has 2 aromatic rings. The van der Waals surface area contributed by atoms with Gasteiger partial charge >= 0.3 is 0 Å². The number of hydrogen-bond acceptors (Lipinski definition) is 4. The summed E-state index contributed by atoms with van der Waals surface area (Å²) in [6.45, 7) is 4.60. The summed E-state index contributed by atoms with van der Waals surface area (Å²) in [5.41, 5.74) is 7.89. The summed E-state index contributed by atoms with van der Waals surface area (Å²) in [4.78, 5) is 4.13. The van der Waals surface area contributed by atoms with Crippen LogP contribution in [0.2, 0.25) is 4.34 Å². The topological polar surface area (TPSA) is 96.6 Å². The van der Waals surface area contributed by atoms with Gasteiger partial charge in [0, 0.05) is 12.2 Å². The Labute approximate surface area is 157 Å². The Bertz CT molecular complexity index is 847. The lowest BCUT2D eigenvalue weighted by Crippen LogP contribution is -2.28. The molecule has 0 saturated heterocycles. The molecule has 2 rings (SSSR count). The number of hydrogen-bond donors (Lipinski definition) is 3. The van der Waals surface area contributed by atoms with E-state index in [-0.39, 0.29) is 23.3 Å². The first-order chi connectivity index (χ1) is 11.8. The van der Waals surface area contributed by atoms with Crippen molar-refractivity contribution in [2.75, 3.05) is 18.4 Å². The molecule has 1 heterocycles. The predicted molar refractivity (Wildman–Crippen MR) is 105 cm³/mol. The van der Waals surface area contributed by atoms with E-state index in [0.29, 0.717) is 10.3 Å². The zero-order chi connectivity index (χ0) is 18.4. The molecule has 0 amide bonds. The number of nitrogens with one attached hydrogen (secondary N) is 2. The molecular formula is C16H21ClN4O2S2. The Morgan fingerprint density at radius 1 is 1.32 bits per heavy atom. The third kappa shape index (κ3) is 6.00. The van der Waals surface area contributed by atoms with Crippen molar-refractivity contribution in [3.8, 4) is 0 Å². The highest BCUT2D eigenvalue weighted by molar-refractivity contribution is 7.91.